The minimum Gasteiger partial charge on any atom is -0.344 e. The highest BCUT2D eigenvalue weighted by Crippen LogP contribution is 2.14. The van der Waals surface area contributed by atoms with Gasteiger partial charge in [-0.25, -0.2) is 0 Å². The van der Waals surface area contributed by atoms with Gasteiger partial charge in [-0.15, -0.1) is 0 Å². The van der Waals surface area contributed by atoms with Gasteiger partial charge in [0.15, 0.2) is 0 Å². The van der Waals surface area contributed by atoms with Crippen LogP contribution in [0.2, 0.25) is 0 Å². The van der Waals surface area contributed by atoms with E-state index in [1.165, 1.54) is 71.1 Å². The summed E-state index contributed by atoms with van der Waals surface area (Å²) in [7, 11) is 0. The number of nitrogens with one attached hydrogen (secondary N) is 1. The second kappa shape index (κ2) is 21.4. The highest BCUT2D eigenvalue weighted by molar-refractivity contribution is 7.99. The van der Waals surface area contributed by atoms with Gasteiger partial charge in [0, 0.05) is 25.8 Å². The number of thioether (sulfide) groups is 1. The van der Waals surface area contributed by atoms with Crippen LogP contribution in [-0.4, -0.2) is 60.4 Å². The van der Waals surface area contributed by atoms with Crippen molar-refractivity contribution in [2.75, 3.05) is 37.7 Å². The third kappa shape index (κ3) is 16.9. The van der Waals surface area contributed by atoms with Gasteiger partial charge < -0.3 is 21.7 Å². The summed E-state index contributed by atoms with van der Waals surface area (Å²) in [5.74, 6) is 1.48. The van der Waals surface area contributed by atoms with E-state index in [9.17, 15) is 9.59 Å². The lowest BCUT2D eigenvalue weighted by Gasteiger charge is -2.27. The monoisotopic (exact) mass is 444 g/mol. The van der Waals surface area contributed by atoms with Gasteiger partial charge in [-0.1, -0.05) is 64.7 Å². The standard InChI is InChI=1S/C23H48N4O2S/c1-3-4-5-6-7-8-9-10-11-12-19-30-20-22(26-21(2)28)23(29)27(17-13-15-24)18-14-16-25/h22H,3-20,24-25H2,1-2H3,(H,26,28). The maximum atomic E-state index is 12.9. The average molecular weight is 445 g/mol. The van der Waals surface area contributed by atoms with Crippen LogP contribution < -0.4 is 16.8 Å². The minimum atomic E-state index is -0.467. The topological polar surface area (TPSA) is 101 Å². The van der Waals surface area contributed by atoms with E-state index in [4.69, 9.17) is 11.5 Å². The second-order valence-corrected chi connectivity index (χ2v) is 9.27. The predicted octanol–water partition coefficient (Wildman–Crippen LogP) is 3.67. The van der Waals surface area contributed by atoms with Crippen molar-refractivity contribution < 1.29 is 9.59 Å². The van der Waals surface area contributed by atoms with Gasteiger partial charge in [0.25, 0.3) is 0 Å². The van der Waals surface area contributed by atoms with E-state index in [1.54, 1.807) is 16.7 Å². The molecule has 30 heavy (non-hydrogen) atoms. The molecule has 0 aromatic heterocycles. The van der Waals surface area contributed by atoms with Crippen LogP contribution in [0.15, 0.2) is 0 Å². The number of rotatable bonds is 21. The lowest BCUT2D eigenvalue weighted by molar-refractivity contribution is -0.135. The van der Waals surface area contributed by atoms with Crippen LogP contribution in [0.5, 0.6) is 0 Å². The molecule has 0 aromatic rings. The van der Waals surface area contributed by atoms with Crippen LogP contribution in [0.4, 0.5) is 0 Å². The van der Waals surface area contributed by atoms with Crippen molar-refractivity contribution >= 4 is 23.6 Å². The summed E-state index contributed by atoms with van der Waals surface area (Å²) in [5.41, 5.74) is 11.2. The van der Waals surface area contributed by atoms with Gasteiger partial charge in [0.05, 0.1) is 0 Å². The third-order valence-electron chi connectivity index (χ3n) is 5.18. The number of amides is 2. The van der Waals surface area contributed by atoms with Gasteiger partial charge in [-0.2, -0.15) is 11.8 Å². The number of nitrogens with zero attached hydrogens (tertiary/aromatic N) is 1. The van der Waals surface area contributed by atoms with Crippen LogP contribution >= 0.6 is 11.8 Å². The molecule has 0 heterocycles. The van der Waals surface area contributed by atoms with Crippen molar-refractivity contribution in [3.8, 4) is 0 Å². The molecule has 6 nitrogen and oxygen atoms in total. The van der Waals surface area contributed by atoms with Crippen LogP contribution in [0.25, 0.3) is 0 Å². The number of hydrogen-bond acceptors (Lipinski definition) is 5. The molecule has 0 aromatic carbocycles. The fourth-order valence-corrected chi connectivity index (χ4v) is 4.47. The Kier molecular flexibility index (Phi) is 20.9. The highest BCUT2D eigenvalue weighted by Gasteiger charge is 2.24. The SMILES string of the molecule is CCCCCCCCCCCCSCC(NC(C)=O)C(=O)N(CCCN)CCCN. The molecule has 1 atom stereocenters. The summed E-state index contributed by atoms with van der Waals surface area (Å²) in [6, 6.07) is -0.467. The second-order valence-electron chi connectivity index (χ2n) is 8.12. The fraction of sp³-hybridized carbons (Fsp3) is 0.913. The maximum Gasteiger partial charge on any atom is 0.246 e. The Bertz CT molecular complexity index is 416. The molecule has 0 saturated carbocycles. The van der Waals surface area contributed by atoms with Crippen LogP contribution in [0, 0.1) is 0 Å². The van der Waals surface area contributed by atoms with E-state index in [0.29, 0.717) is 31.9 Å². The first-order valence-corrected chi connectivity index (χ1v) is 13.3. The smallest absolute Gasteiger partial charge is 0.246 e. The predicted molar refractivity (Wildman–Crippen MR) is 131 cm³/mol. The summed E-state index contributed by atoms with van der Waals surface area (Å²) in [4.78, 5) is 26.3. The van der Waals surface area contributed by atoms with E-state index in [0.717, 1.165) is 18.6 Å². The molecule has 0 fully saturated rings. The maximum absolute atomic E-state index is 12.9. The van der Waals surface area contributed by atoms with Gasteiger partial charge in [0.2, 0.25) is 11.8 Å². The quantitative estimate of drug-likeness (QED) is 0.234. The normalized spacial score (nSPS) is 12.0. The van der Waals surface area contributed by atoms with E-state index in [-0.39, 0.29) is 11.8 Å². The zero-order chi connectivity index (χ0) is 22.5. The number of carbonyl (C=O) groups is 2. The largest absolute Gasteiger partial charge is 0.344 e. The Morgan fingerprint density at radius 1 is 0.833 bits per heavy atom. The van der Waals surface area contributed by atoms with Gasteiger partial charge in [-0.3, -0.25) is 9.59 Å². The molecule has 1 unspecified atom stereocenters. The highest BCUT2D eigenvalue weighted by atomic mass is 32.2. The Balaban J connectivity index is 4.12. The van der Waals surface area contributed by atoms with Crippen molar-refractivity contribution in [1.82, 2.24) is 10.2 Å². The minimum absolute atomic E-state index is 0.0114. The van der Waals surface area contributed by atoms with Crippen molar-refractivity contribution in [3.63, 3.8) is 0 Å². The number of unbranched alkanes of at least 4 members (excludes halogenated alkanes) is 9. The molecule has 0 spiro atoms. The Labute approximate surface area is 189 Å². The first-order chi connectivity index (χ1) is 14.6. The molecule has 0 bridgehead atoms. The van der Waals surface area contributed by atoms with Crippen LogP contribution in [-0.2, 0) is 9.59 Å². The first kappa shape index (κ1) is 29.2. The van der Waals surface area contributed by atoms with Gasteiger partial charge >= 0.3 is 0 Å². The molecule has 0 aliphatic carbocycles. The van der Waals surface area contributed by atoms with Crippen LogP contribution in [0.1, 0.15) is 90.9 Å². The van der Waals surface area contributed by atoms with E-state index in [1.807, 2.05) is 0 Å². The molecule has 5 N–H and O–H groups in total. The Hall–Kier alpha value is -0.790. The molecular weight excluding hydrogens is 396 g/mol. The van der Waals surface area contributed by atoms with Crippen molar-refractivity contribution in [1.29, 1.82) is 0 Å². The Morgan fingerprint density at radius 3 is 1.80 bits per heavy atom. The summed E-state index contributed by atoms with van der Waals surface area (Å²) < 4.78 is 0. The van der Waals surface area contributed by atoms with Gasteiger partial charge in [-0.05, 0) is 38.1 Å². The lowest BCUT2D eigenvalue weighted by Crippen LogP contribution is -2.50. The number of carbonyl (C=O) groups excluding carboxylic acids is 2. The molecule has 2 amide bonds. The molecule has 0 aliphatic heterocycles. The van der Waals surface area contributed by atoms with Crippen LogP contribution in [0.3, 0.4) is 0 Å². The molecular formula is C23H48N4O2S. The van der Waals surface area contributed by atoms with E-state index >= 15 is 0 Å². The average Bonchev–Trinajstić information content (AvgIpc) is 2.73. The fourth-order valence-electron chi connectivity index (χ4n) is 3.43. The zero-order valence-corrected chi connectivity index (χ0v) is 20.4. The van der Waals surface area contributed by atoms with Crippen molar-refractivity contribution in [2.24, 2.45) is 11.5 Å². The molecule has 0 radical (unpaired) electrons. The van der Waals surface area contributed by atoms with E-state index < -0.39 is 6.04 Å². The van der Waals surface area contributed by atoms with Gasteiger partial charge in [0.1, 0.15) is 6.04 Å². The molecule has 7 heteroatoms. The summed E-state index contributed by atoms with van der Waals surface area (Å²) in [5, 5.41) is 2.84. The van der Waals surface area contributed by atoms with E-state index in [2.05, 4.69) is 12.2 Å². The Morgan fingerprint density at radius 2 is 1.33 bits per heavy atom. The van der Waals surface area contributed by atoms with Crippen molar-refractivity contribution in [2.45, 2.75) is 96.9 Å². The summed E-state index contributed by atoms with van der Waals surface area (Å²) >= 11 is 1.76. The molecule has 178 valence electrons. The number of hydrogen-bond donors (Lipinski definition) is 3. The third-order valence-corrected chi connectivity index (χ3v) is 6.32. The van der Waals surface area contributed by atoms with Crippen molar-refractivity contribution in [3.05, 3.63) is 0 Å². The lowest BCUT2D eigenvalue weighted by atomic mass is 10.1. The summed E-state index contributed by atoms with van der Waals surface area (Å²) in [6.07, 6.45) is 14.8. The first-order valence-electron chi connectivity index (χ1n) is 12.1. The zero-order valence-electron chi connectivity index (χ0n) is 19.6. The molecule has 0 aliphatic rings. The molecule has 0 rings (SSSR count). The summed E-state index contributed by atoms with van der Waals surface area (Å²) in [6.45, 7) is 6.06. The number of nitrogens with two attached hydrogens (primary N) is 2. The molecule has 0 saturated heterocycles.